The smallest absolute Gasteiger partial charge is 0.145 e. The van der Waals surface area contributed by atoms with Crippen LogP contribution in [-0.4, -0.2) is 4.57 Å². The Labute approximate surface area is 275 Å². The largest absolute Gasteiger partial charge is 0.456 e. The minimum atomic E-state index is -0.855. The van der Waals surface area contributed by atoms with Gasteiger partial charge in [-0.15, -0.1) is 11.3 Å². The van der Waals surface area contributed by atoms with Gasteiger partial charge in [-0.3, -0.25) is 0 Å². The van der Waals surface area contributed by atoms with Crippen LogP contribution < -0.4 is 25.4 Å². The fourth-order valence-corrected chi connectivity index (χ4v) is 11.2. The van der Waals surface area contributed by atoms with Crippen molar-refractivity contribution >= 4 is 77.2 Å². The zero-order valence-corrected chi connectivity index (χ0v) is 26.7. The Morgan fingerprint density at radius 2 is 1.15 bits per heavy atom. The molecule has 0 saturated carbocycles. The van der Waals surface area contributed by atoms with E-state index in [1.807, 2.05) is 11.3 Å². The van der Waals surface area contributed by atoms with Crippen molar-refractivity contribution in [3.05, 3.63) is 146 Å². The standard InChI is InChI=1S/C42H24NO2PS/c1-4-12-31-28(9-1)29-10-2-5-13-32(29)43(31)27-19-17-25(18-20-27)26-23-34-42-35(24-26)45-41-37(46(42)36-15-7-6-14-33(36)44-34)21-22-39-40(41)30-11-3-8-16-38(30)47-39/h1-24H. The summed E-state index contributed by atoms with van der Waals surface area (Å²) in [7, 11) is -0.855. The van der Waals surface area contributed by atoms with Crippen molar-refractivity contribution in [1.82, 2.24) is 4.57 Å². The van der Waals surface area contributed by atoms with E-state index in [1.165, 1.54) is 52.6 Å². The van der Waals surface area contributed by atoms with Crippen molar-refractivity contribution in [3.63, 3.8) is 0 Å². The number of hydrogen-bond donors (Lipinski definition) is 0. The minimum Gasteiger partial charge on any atom is -0.456 e. The number of nitrogens with zero attached hydrogens (tertiary/aromatic N) is 1. The van der Waals surface area contributed by atoms with Crippen LogP contribution in [0.4, 0.5) is 0 Å². The van der Waals surface area contributed by atoms with Crippen LogP contribution in [-0.2, 0) is 0 Å². The zero-order valence-electron chi connectivity index (χ0n) is 25.0. The first-order valence-electron chi connectivity index (χ1n) is 15.8. The summed E-state index contributed by atoms with van der Waals surface area (Å²) in [6.45, 7) is 0. The molecule has 0 amide bonds. The molecule has 11 rings (SSSR count). The van der Waals surface area contributed by atoms with E-state index in [4.69, 9.17) is 9.47 Å². The van der Waals surface area contributed by atoms with E-state index >= 15 is 0 Å². The number of benzene rings is 7. The molecule has 9 aromatic rings. The van der Waals surface area contributed by atoms with Gasteiger partial charge in [-0.2, -0.15) is 0 Å². The van der Waals surface area contributed by atoms with Gasteiger partial charge in [0.1, 0.15) is 23.0 Å². The van der Waals surface area contributed by atoms with Crippen molar-refractivity contribution in [2.75, 3.05) is 0 Å². The summed E-state index contributed by atoms with van der Waals surface area (Å²) in [4.78, 5) is 0. The van der Waals surface area contributed by atoms with Crippen LogP contribution in [0.25, 0.3) is 58.8 Å². The van der Waals surface area contributed by atoms with Crippen LogP contribution in [0.15, 0.2) is 146 Å². The molecule has 0 fully saturated rings. The maximum Gasteiger partial charge on any atom is 0.145 e. The Balaban J connectivity index is 1.09. The van der Waals surface area contributed by atoms with E-state index in [2.05, 4.69) is 150 Å². The van der Waals surface area contributed by atoms with E-state index in [9.17, 15) is 0 Å². The summed E-state index contributed by atoms with van der Waals surface area (Å²) in [5, 5.41) is 8.64. The Morgan fingerprint density at radius 3 is 1.94 bits per heavy atom. The molecule has 1 unspecified atom stereocenters. The number of para-hydroxylation sites is 3. The third-order valence-corrected chi connectivity index (χ3v) is 13.3. The second-order valence-electron chi connectivity index (χ2n) is 12.1. The molecule has 0 saturated heterocycles. The summed E-state index contributed by atoms with van der Waals surface area (Å²) in [6, 6.07) is 52.3. The van der Waals surface area contributed by atoms with Gasteiger partial charge >= 0.3 is 0 Å². The minimum absolute atomic E-state index is 0.855. The van der Waals surface area contributed by atoms with Gasteiger partial charge in [0.2, 0.25) is 0 Å². The Kier molecular flexibility index (Phi) is 5.23. The lowest BCUT2D eigenvalue weighted by Crippen LogP contribution is -2.31. The van der Waals surface area contributed by atoms with Crippen LogP contribution in [0.3, 0.4) is 0 Å². The van der Waals surface area contributed by atoms with Crippen molar-refractivity contribution in [3.8, 4) is 39.8 Å². The third-order valence-electron chi connectivity index (χ3n) is 9.56. The topological polar surface area (TPSA) is 23.4 Å². The highest BCUT2D eigenvalue weighted by Gasteiger charge is 2.38. The third kappa shape index (κ3) is 3.60. The molecule has 0 N–H and O–H groups in total. The van der Waals surface area contributed by atoms with Crippen LogP contribution in [0.5, 0.6) is 23.0 Å². The second-order valence-corrected chi connectivity index (χ2v) is 15.3. The lowest BCUT2D eigenvalue weighted by molar-refractivity contribution is 0.469. The number of thiophene rings is 1. The van der Waals surface area contributed by atoms with Crippen LogP contribution >= 0.6 is 19.3 Å². The monoisotopic (exact) mass is 637 g/mol. The normalized spacial score (nSPS) is 14.5. The fraction of sp³-hybridized carbons (Fsp3) is 0. The van der Waals surface area contributed by atoms with E-state index < -0.39 is 7.92 Å². The molecule has 0 aliphatic carbocycles. The fourth-order valence-electron chi connectivity index (χ4n) is 7.51. The Bertz CT molecular complexity index is 2700. The number of fused-ring (bicyclic) bond motifs is 11. The molecule has 4 heterocycles. The Hall–Kier alpha value is -5.41. The SMILES string of the molecule is c1ccc2c(c1)Oc1cc(-c3ccc(-n4c5ccccc5c5ccccc54)cc3)cc3c1P2c1ccc2sc4ccccc4c2c1O3. The highest BCUT2D eigenvalue weighted by molar-refractivity contribution is 7.80. The van der Waals surface area contributed by atoms with Crippen molar-refractivity contribution < 1.29 is 9.47 Å². The molecule has 2 aliphatic rings. The van der Waals surface area contributed by atoms with Gasteiger partial charge in [-0.1, -0.05) is 84.9 Å². The first-order chi connectivity index (χ1) is 23.3. The van der Waals surface area contributed by atoms with Gasteiger partial charge in [-0.05, 0) is 71.8 Å². The van der Waals surface area contributed by atoms with Crippen LogP contribution in [0, 0.1) is 0 Å². The molecule has 0 bridgehead atoms. The van der Waals surface area contributed by atoms with E-state index in [-0.39, 0.29) is 0 Å². The van der Waals surface area contributed by atoms with Gasteiger partial charge < -0.3 is 14.0 Å². The summed E-state index contributed by atoms with van der Waals surface area (Å²) in [6.07, 6.45) is 0. The molecule has 7 aromatic carbocycles. The second kappa shape index (κ2) is 9.56. The molecular formula is C42H24NO2PS. The predicted molar refractivity (Wildman–Crippen MR) is 198 cm³/mol. The average molecular weight is 638 g/mol. The molecule has 2 aliphatic heterocycles. The maximum atomic E-state index is 7.00. The lowest BCUT2D eigenvalue weighted by Gasteiger charge is -2.35. The molecule has 5 heteroatoms. The first kappa shape index (κ1) is 25.7. The van der Waals surface area contributed by atoms with Crippen LogP contribution in [0.2, 0.25) is 0 Å². The summed E-state index contributed by atoms with van der Waals surface area (Å²) in [5.41, 5.74) is 5.75. The number of ether oxygens (including phenoxy) is 2. The van der Waals surface area contributed by atoms with Gasteiger partial charge in [0, 0.05) is 55.2 Å². The van der Waals surface area contributed by atoms with Gasteiger partial charge in [0.25, 0.3) is 0 Å². The van der Waals surface area contributed by atoms with Crippen molar-refractivity contribution in [1.29, 1.82) is 0 Å². The summed E-state index contributed by atoms with van der Waals surface area (Å²) in [5.74, 6) is 3.69. The molecule has 220 valence electrons. The van der Waals surface area contributed by atoms with Crippen LogP contribution in [0.1, 0.15) is 0 Å². The predicted octanol–water partition coefficient (Wildman–Crippen LogP) is 10.8. The number of aromatic nitrogens is 1. The van der Waals surface area contributed by atoms with E-state index in [0.717, 1.165) is 45.1 Å². The summed E-state index contributed by atoms with van der Waals surface area (Å²) < 4.78 is 18.5. The van der Waals surface area contributed by atoms with E-state index in [0.29, 0.717) is 0 Å². The average Bonchev–Trinajstić information content (AvgIpc) is 3.68. The van der Waals surface area contributed by atoms with Crippen molar-refractivity contribution in [2.45, 2.75) is 0 Å². The van der Waals surface area contributed by atoms with E-state index in [1.54, 1.807) is 0 Å². The first-order valence-corrected chi connectivity index (χ1v) is 17.9. The molecule has 0 radical (unpaired) electrons. The quantitative estimate of drug-likeness (QED) is 0.176. The number of rotatable bonds is 2. The van der Waals surface area contributed by atoms with Crippen molar-refractivity contribution in [2.24, 2.45) is 0 Å². The van der Waals surface area contributed by atoms with Gasteiger partial charge in [0.15, 0.2) is 0 Å². The maximum absolute atomic E-state index is 7.00. The van der Waals surface area contributed by atoms with Gasteiger partial charge in [-0.25, -0.2) is 0 Å². The van der Waals surface area contributed by atoms with Gasteiger partial charge in [0.05, 0.1) is 16.3 Å². The molecular weight excluding hydrogens is 614 g/mol. The lowest BCUT2D eigenvalue weighted by atomic mass is 10.0. The zero-order chi connectivity index (χ0) is 30.6. The highest BCUT2D eigenvalue weighted by Crippen LogP contribution is 2.56. The molecule has 2 aromatic heterocycles. The molecule has 47 heavy (non-hydrogen) atoms. The Morgan fingerprint density at radius 1 is 0.489 bits per heavy atom. The number of hydrogen-bond acceptors (Lipinski definition) is 3. The molecule has 3 nitrogen and oxygen atoms in total. The molecule has 0 spiro atoms. The summed E-state index contributed by atoms with van der Waals surface area (Å²) >= 11 is 1.83. The molecule has 1 atom stereocenters. The highest BCUT2D eigenvalue weighted by atomic mass is 32.1.